The topological polar surface area (TPSA) is 116 Å². The third-order valence-corrected chi connectivity index (χ3v) is 9.24. The average Bonchev–Trinajstić information content (AvgIpc) is 3.64. The first-order valence-electron chi connectivity index (χ1n) is 14.7. The van der Waals surface area contributed by atoms with Gasteiger partial charge in [-0.2, -0.15) is 0 Å². The largest absolute Gasteiger partial charge is 0.374 e. The van der Waals surface area contributed by atoms with Crippen LogP contribution in [0.1, 0.15) is 16.7 Å². The van der Waals surface area contributed by atoms with Gasteiger partial charge in [0.25, 0.3) is 5.69 Å². The van der Waals surface area contributed by atoms with E-state index in [0.29, 0.717) is 35.7 Å². The smallest absolute Gasteiger partial charge is 0.270 e. The summed E-state index contributed by atoms with van der Waals surface area (Å²) in [4.78, 5) is 12.9. The lowest BCUT2D eigenvalue weighted by molar-refractivity contribution is -0.384. The number of ether oxygens (including phenoxy) is 4. The van der Waals surface area contributed by atoms with E-state index in [1.807, 2.05) is 6.07 Å². The molecule has 0 radical (unpaired) electrons. The second-order valence-corrected chi connectivity index (χ2v) is 13.4. The fourth-order valence-corrected chi connectivity index (χ4v) is 6.34. The van der Waals surface area contributed by atoms with E-state index in [1.165, 1.54) is 6.07 Å². The number of H-pyrrole nitrogens is 1. The molecule has 1 fully saturated rings. The van der Waals surface area contributed by atoms with Crippen LogP contribution in [0.2, 0.25) is 30.1 Å². The van der Waals surface area contributed by atoms with Gasteiger partial charge in [-0.1, -0.05) is 87.8 Å². The van der Waals surface area contributed by atoms with Crippen LogP contribution in [0, 0.1) is 10.1 Å². The average molecular weight is 789 g/mol. The fraction of sp³-hybridized carbons (Fsp3) is 0.235. The maximum atomic E-state index is 10.7. The van der Waals surface area contributed by atoms with Gasteiger partial charge in [0.05, 0.1) is 31.4 Å². The normalized spacial score (nSPS) is 18.8. The molecule has 0 saturated carbocycles. The molecule has 2 heterocycles. The number of benzene rings is 4. The zero-order valence-corrected chi connectivity index (χ0v) is 29.9. The lowest BCUT2D eigenvalue weighted by Gasteiger charge is -2.24. The Labute approximate surface area is 311 Å². The number of aromatic amines is 1. The molecule has 0 spiro atoms. The Morgan fingerprint density at radius 1 is 0.714 bits per heavy atom. The van der Waals surface area contributed by atoms with E-state index in [4.69, 9.17) is 88.6 Å². The van der Waals surface area contributed by atoms with Crippen molar-refractivity contribution in [2.45, 2.75) is 44.4 Å². The molecule has 1 aromatic heterocycles. The van der Waals surface area contributed by atoms with Gasteiger partial charge in [-0.15, -0.1) is 0 Å². The standard InChI is InChI=1S/C26H22Cl6O5.C8H6N2O2/c27-17-4-1-14(20(30)7-17)10-34-13-23-24(35-11-15-2-5-18(28)8-21(15)31)25(26(33)37-23)36-12-16-3-6-19(29)9-22(16)32;11-10(12)7-1-2-8-6(5-7)3-4-9-8/h1-9,23-26,33H,10-13H2;1-5,9H/t23-,24-,25-,26?;/m1./s1. The molecule has 6 rings (SSSR count). The summed E-state index contributed by atoms with van der Waals surface area (Å²) in [5.41, 5.74) is 3.23. The highest BCUT2D eigenvalue weighted by molar-refractivity contribution is 6.36. The quantitative estimate of drug-likeness (QED) is 0.101. The van der Waals surface area contributed by atoms with Gasteiger partial charge >= 0.3 is 0 Å². The van der Waals surface area contributed by atoms with Crippen molar-refractivity contribution < 1.29 is 29.0 Å². The van der Waals surface area contributed by atoms with Crippen LogP contribution in [0.3, 0.4) is 0 Å². The molecule has 49 heavy (non-hydrogen) atoms. The first kappa shape index (κ1) is 37.6. The molecule has 4 aromatic carbocycles. The van der Waals surface area contributed by atoms with Crippen molar-refractivity contribution >= 4 is 86.2 Å². The van der Waals surface area contributed by atoms with E-state index >= 15 is 0 Å². The van der Waals surface area contributed by atoms with Crippen LogP contribution >= 0.6 is 69.6 Å². The lowest BCUT2D eigenvalue weighted by Crippen LogP contribution is -2.39. The molecule has 15 heteroatoms. The number of nitro benzene ring substituents is 1. The lowest BCUT2D eigenvalue weighted by atomic mass is 10.1. The van der Waals surface area contributed by atoms with Crippen LogP contribution in [0.25, 0.3) is 10.9 Å². The van der Waals surface area contributed by atoms with Crippen molar-refractivity contribution in [2.24, 2.45) is 0 Å². The van der Waals surface area contributed by atoms with Gasteiger partial charge in [-0.25, -0.2) is 0 Å². The molecule has 1 saturated heterocycles. The van der Waals surface area contributed by atoms with Crippen molar-refractivity contribution in [2.75, 3.05) is 6.61 Å². The maximum Gasteiger partial charge on any atom is 0.270 e. The van der Waals surface area contributed by atoms with Gasteiger partial charge in [0.2, 0.25) is 0 Å². The number of aromatic nitrogens is 1. The van der Waals surface area contributed by atoms with Crippen molar-refractivity contribution in [3.8, 4) is 0 Å². The van der Waals surface area contributed by atoms with Crippen molar-refractivity contribution in [1.82, 2.24) is 4.98 Å². The number of hydrogen-bond donors (Lipinski definition) is 2. The van der Waals surface area contributed by atoms with E-state index in [2.05, 4.69) is 4.98 Å². The summed E-state index contributed by atoms with van der Waals surface area (Å²) in [7, 11) is 0. The Hall–Kier alpha value is -2.64. The van der Waals surface area contributed by atoms with E-state index < -0.39 is 29.5 Å². The SMILES string of the molecule is O=[N+]([O-])c1ccc2[nH]ccc2c1.OC1O[C@H](COCc2ccc(Cl)cc2Cl)[C@@H](OCc2ccc(Cl)cc2Cl)[C@H]1OCc1ccc(Cl)cc1Cl. The fourth-order valence-electron chi connectivity index (χ4n) is 4.95. The molecule has 0 bridgehead atoms. The van der Waals surface area contributed by atoms with Crippen LogP contribution in [0.4, 0.5) is 5.69 Å². The van der Waals surface area contributed by atoms with Crippen LogP contribution in [-0.4, -0.2) is 46.2 Å². The van der Waals surface area contributed by atoms with Crippen LogP contribution < -0.4 is 0 Å². The second-order valence-electron chi connectivity index (χ2n) is 10.8. The van der Waals surface area contributed by atoms with Crippen molar-refractivity contribution in [1.29, 1.82) is 0 Å². The highest BCUT2D eigenvalue weighted by Crippen LogP contribution is 2.31. The number of aliphatic hydroxyl groups is 1. The van der Waals surface area contributed by atoms with Crippen molar-refractivity contribution in [3.63, 3.8) is 0 Å². The third-order valence-electron chi connectivity index (χ3n) is 7.48. The maximum absolute atomic E-state index is 10.7. The van der Waals surface area contributed by atoms with E-state index in [9.17, 15) is 15.2 Å². The molecule has 1 unspecified atom stereocenters. The number of non-ortho nitro benzene ring substituents is 1. The van der Waals surface area contributed by atoms with Gasteiger partial charge in [-0.3, -0.25) is 10.1 Å². The minimum absolute atomic E-state index is 0.108. The Kier molecular flexibility index (Phi) is 13.5. The first-order chi connectivity index (χ1) is 23.5. The van der Waals surface area contributed by atoms with Gasteiger partial charge in [0, 0.05) is 59.4 Å². The molecular weight excluding hydrogens is 761 g/mol. The Balaban J connectivity index is 0.000000325. The number of hydrogen-bond acceptors (Lipinski definition) is 7. The molecule has 0 amide bonds. The summed E-state index contributed by atoms with van der Waals surface area (Å²) < 4.78 is 23.8. The molecule has 2 N–H and O–H groups in total. The minimum atomic E-state index is -1.26. The summed E-state index contributed by atoms with van der Waals surface area (Å²) in [5.74, 6) is 0. The minimum Gasteiger partial charge on any atom is -0.374 e. The number of nitrogens with one attached hydrogen (secondary N) is 1. The van der Waals surface area contributed by atoms with E-state index in [1.54, 1.807) is 72.9 Å². The molecular formula is C34H28Cl6N2O7. The van der Waals surface area contributed by atoms with Gasteiger partial charge in [-0.05, 0) is 65.2 Å². The number of nitrogens with zero attached hydrogens (tertiary/aromatic N) is 1. The zero-order valence-electron chi connectivity index (χ0n) is 25.3. The number of rotatable bonds is 11. The summed E-state index contributed by atoms with van der Waals surface area (Å²) in [6.45, 7) is 0.568. The Morgan fingerprint density at radius 3 is 1.78 bits per heavy atom. The highest BCUT2D eigenvalue weighted by Gasteiger charge is 2.46. The van der Waals surface area contributed by atoms with E-state index in [0.717, 1.165) is 22.0 Å². The molecule has 5 aromatic rings. The van der Waals surface area contributed by atoms with Crippen LogP contribution in [0.15, 0.2) is 85.1 Å². The summed E-state index contributed by atoms with van der Waals surface area (Å²) in [6.07, 6.45) is -1.66. The van der Waals surface area contributed by atoms with Crippen molar-refractivity contribution in [3.05, 3.63) is 142 Å². The van der Waals surface area contributed by atoms with Gasteiger partial charge in [0.1, 0.15) is 18.3 Å². The third kappa shape index (κ3) is 10.2. The molecule has 0 aliphatic carbocycles. The summed E-state index contributed by atoms with van der Waals surface area (Å²) >= 11 is 36.8. The molecule has 4 atom stereocenters. The second kappa shape index (κ2) is 17.5. The van der Waals surface area contributed by atoms with Gasteiger partial charge < -0.3 is 29.0 Å². The molecule has 9 nitrogen and oxygen atoms in total. The van der Waals surface area contributed by atoms with Crippen LogP contribution in [0.5, 0.6) is 0 Å². The number of aliphatic hydroxyl groups excluding tert-OH is 1. The Bertz CT molecular complexity index is 1910. The predicted molar refractivity (Wildman–Crippen MR) is 192 cm³/mol. The zero-order chi connectivity index (χ0) is 35.1. The Morgan fingerprint density at radius 2 is 1.24 bits per heavy atom. The highest BCUT2D eigenvalue weighted by atomic mass is 35.5. The van der Waals surface area contributed by atoms with Crippen LogP contribution in [-0.2, 0) is 38.8 Å². The predicted octanol–water partition coefficient (Wildman–Crippen LogP) is 10.1. The number of fused-ring (bicyclic) bond motifs is 1. The number of halogens is 6. The molecule has 1 aliphatic rings. The van der Waals surface area contributed by atoms with Gasteiger partial charge in [0.15, 0.2) is 6.29 Å². The first-order valence-corrected chi connectivity index (χ1v) is 16.9. The molecule has 1 aliphatic heterocycles. The number of nitro groups is 1. The summed E-state index contributed by atoms with van der Waals surface area (Å²) in [6, 6.07) is 21.9. The monoisotopic (exact) mass is 786 g/mol. The summed E-state index contributed by atoms with van der Waals surface area (Å²) in [5, 5.41) is 24.9. The van der Waals surface area contributed by atoms with E-state index in [-0.39, 0.29) is 32.1 Å². The molecule has 258 valence electrons.